The molecule has 0 bridgehead atoms. The van der Waals surface area contributed by atoms with Gasteiger partial charge in [0, 0.05) is 98.7 Å². The number of carbonyl (C=O) groups is 5. The maximum absolute atomic E-state index is 15.1. The maximum atomic E-state index is 15.1. The SMILES string of the molecule is COC[C@@H]1NC(=O)[C@H](C)N(Cc2ccc(Cl)cc2Oc2ccc(-c3cnc(CN(C)C)n3C)cc2)C(=O)C[C@@H](Cc2ccccn2)C(=O)N(C)[C@@H](C)[C@H](C)NC(=O)C[C@H](Cc2ccc(Cl)cc2)N(C)C1=O. The van der Waals surface area contributed by atoms with Crippen molar-refractivity contribution >= 4 is 52.7 Å². The number of imidazole rings is 1. The summed E-state index contributed by atoms with van der Waals surface area (Å²) < 4.78 is 14.0. The van der Waals surface area contributed by atoms with E-state index in [1.807, 2.05) is 88.2 Å². The van der Waals surface area contributed by atoms with E-state index in [4.69, 9.17) is 32.7 Å². The zero-order chi connectivity index (χ0) is 51.5. The van der Waals surface area contributed by atoms with Crippen LogP contribution in [0.2, 0.25) is 10.0 Å². The molecule has 0 radical (unpaired) electrons. The standard InChI is InChI=1S/C53H65Cl2N9O7/c1-33-34(2)61(6)52(68)39(25-42-12-10-11-23-56-42)26-50(66)64(30-38-15-20-41(55)27-47(38)71-44-21-16-37(17-22-44)46-29-57-48(63(46)8)31-60(4)5)35(3)51(67)59-45(32-70-9)53(69)62(7)43(28-49(65)58-33)24-36-13-18-40(54)19-14-36/h10-23,27,29,33-35,39,43,45H,24-26,28,30-32H2,1-9H3,(H,58,65)(H,59,67)/t33-,34-,35-,39+,43-,45-/m0/s1. The van der Waals surface area contributed by atoms with Gasteiger partial charge in [0.05, 0.1) is 37.5 Å². The average Bonchev–Trinajstić information content (AvgIpc) is 3.70. The Morgan fingerprint density at radius 3 is 2.15 bits per heavy atom. The van der Waals surface area contributed by atoms with E-state index in [2.05, 4.69) is 25.5 Å². The lowest BCUT2D eigenvalue weighted by atomic mass is 9.94. The van der Waals surface area contributed by atoms with Gasteiger partial charge in [-0.2, -0.15) is 0 Å². The van der Waals surface area contributed by atoms with E-state index in [0.717, 1.165) is 22.6 Å². The number of halogens is 2. The zero-order valence-electron chi connectivity index (χ0n) is 41.9. The number of carbonyl (C=O) groups excluding carboxylic acids is 5. The minimum atomic E-state index is -1.21. The van der Waals surface area contributed by atoms with Crippen LogP contribution in [0.15, 0.2) is 97.3 Å². The highest BCUT2D eigenvalue weighted by atomic mass is 35.5. The molecule has 1 fully saturated rings. The molecule has 0 aliphatic carbocycles. The van der Waals surface area contributed by atoms with Crippen LogP contribution >= 0.6 is 23.2 Å². The summed E-state index contributed by atoms with van der Waals surface area (Å²) in [6.45, 7) is 5.54. The number of pyridine rings is 1. The van der Waals surface area contributed by atoms with Gasteiger partial charge in [-0.15, -0.1) is 0 Å². The number of rotatable bonds is 13. The van der Waals surface area contributed by atoms with Gasteiger partial charge in [-0.05, 0) is 108 Å². The number of hydrogen-bond donors (Lipinski definition) is 2. The quantitative estimate of drug-likeness (QED) is 0.132. The number of benzene rings is 3. The summed E-state index contributed by atoms with van der Waals surface area (Å²) in [7, 11) is 10.6. The number of aromatic nitrogens is 3. The fourth-order valence-electron chi connectivity index (χ4n) is 8.60. The lowest BCUT2D eigenvalue weighted by Crippen LogP contribution is -2.58. The molecule has 5 aromatic rings. The fraction of sp³-hybridized carbons (Fsp3) is 0.415. The highest BCUT2D eigenvalue weighted by Crippen LogP contribution is 2.32. The number of nitrogens with one attached hydrogen (secondary N) is 2. The number of methoxy groups -OCH3 is 1. The molecule has 6 rings (SSSR count). The van der Waals surface area contributed by atoms with Gasteiger partial charge >= 0.3 is 0 Å². The Morgan fingerprint density at radius 2 is 1.49 bits per heavy atom. The Balaban J connectivity index is 1.37. The largest absolute Gasteiger partial charge is 0.457 e. The Hall–Kier alpha value is -6.33. The molecule has 1 saturated heterocycles. The third-order valence-corrected chi connectivity index (χ3v) is 13.6. The molecule has 0 saturated carbocycles. The molecule has 71 heavy (non-hydrogen) atoms. The van der Waals surface area contributed by atoms with Crippen molar-refractivity contribution in [2.45, 2.75) is 89.8 Å². The van der Waals surface area contributed by atoms with E-state index in [-0.39, 0.29) is 50.6 Å². The molecule has 18 heteroatoms. The number of nitrogens with zero attached hydrogens (tertiary/aromatic N) is 7. The Kier molecular flexibility index (Phi) is 18.8. The molecule has 378 valence electrons. The van der Waals surface area contributed by atoms with Crippen LogP contribution in [-0.2, 0) is 61.7 Å². The van der Waals surface area contributed by atoms with Crippen LogP contribution in [0, 0.1) is 5.92 Å². The summed E-state index contributed by atoms with van der Waals surface area (Å²) >= 11 is 12.8. The van der Waals surface area contributed by atoms with Crippen molar-refractivity contribution in [3.63, 3.8) is 0 Å². The fourth-order valence-corrected chi connectivity index (χ4v) is 8.89. The molecule has 0 spiro atoms. The summed E-state index contributed by atoms with van der Waals surface area (Å²) in [5, 5.41) is 6.82. The van der Waals surface area contributed by atoms with Crippen LogP contribution in [0.5, 0.6) is 11.5 Å². The first-order valence-corrected chi connectivity index (χ1v) is 24.4. The second kappa shape index (κ2) is 24.7. The summed E-state index contributed by atoms with van der Waals surface area (Å²) in [5.74, 6) is -1.54. The highest BCUT2D eigenvalue weighted by molar-refractivity contribution is 6.31. The van der Waals surface area contributed by atoms with Crippen LogP contribution in [0.25, 0.3) is 11.3 Å². The smallest absolute Gasteiger partial charge is 0.247 e. The molecule has 16 nitrogen and oxygen atoms in total. The molecule has 3 heterocycles. The molecule has 5 amide bonds. The number of ether oxygens (including phenoxy) is 2. The summed E-state index contributed by atoms with van der Waals surface area (Å²) in [6, 6.07) is 20.9. The summed E-state index contributed by atoms with van der Waals surface area (Å²) in [4.78, 5) is 88.3. The molecule has 1 aliphatic heterocycles. The Morgan fingerprint density at radius 1 is 0.789 bits per heavy atom. The molecule has 2 aromatic heterocycles. The van der Waals surface area contributed by atoms with Crippen molar-refractivity contribution in [2.24, 2.45) is 13.0 Å². The normalized spacial score (nSPS) is 21.2. The molecular weight excluding hydrogens is 946 g/mol. The minimum Gasteiger partial charge on any atom is -0.457 e. The second-order valence-electron chi connectivity index (χ2n) is 18.6. The monoisotopic (exact) mass is 1010 g/mol. The lowest BCUT2D eigenvalue weighted by Gasteiger charge is -2.36. The predicted octanol–water partition coefficient (Wildman–Crippen LogP) is 6.57. The Bertz CT molecular complexity index is 2630. The van der Waals surface area contributed by atoms with Crippen molar-refractivity contribution in [3.05, 3.63) is 130 Å². The van der Waals surface area contributed by atoms with Crippen LogP contribution in [0.1, 0.15) is 56.3 Å². The van der Waals surface area contributed by atoms with E-state index in [9.17, 15) is 19.2 Å². The van der Waals surface area contributed by atoms with Crippen molar-refractivity contribution in [3.8, 4) is 22.8 Å². The molecule has 1 aliphatic rings. The zero-order valence-corrected chi connectivity index (χ0v) is 43.4. The number of hydrogen-bond acceptors (Lipinski definition) is 10. The van der Waals surface area contributed by atoms with Crippen LogP contribution < -0.4 is 15.4 Å². The maximum Gasteiger partial charge on any atom is 0.247 e. The van der Waals surface area contributed by atoms with Gasteiger partial charge in [-0.25, -0.2) is 4.98 Å². The second-order valence-corrected chi connectivity index (χ2v) is 19.4. The van der Waals surface area contributed by atoms with Gasteiger partial charge in [-0.1, -0.05) is 47.5 Å². The van der Waals surface area contributed by atoms with Gasteiger partial charge in [0.2, 0.25) is 29.5 Å². The highest BCUT2D eigenvalue weighted by Gasteiger charge is 2.37. The van der Waals surface area contributed by atoms with Gasteiger partial charge in [0.15, 0.2) is 0 Å². The summed E-state index contributed by atoms with van der Waals surface area (Å²) in [6.07, 6.45) is 3.46. The van der Waals surface area contributed by atoms with Crippen molar-refractivity contribution < 1.29 is 33.4 Å². The van der Waals surface area contributed by atoms with Crippen molar-refractivity contribution in [2.75, 3.05) is 41.9 Å². The molecular formula is C53H65Cl2N9O7. The van der Waals surface area contributed by atoms with E-state index in [1.54, 1.807) is 74.6 Å². The number of likely N-dealkylation sites (N-methyl/N-ethyl adjacent to an activating group) is 2. The topological polar surface area (TPSA) is 172 Å². The van der Waals surface area contributed by atoms with E-state index in [1.165, 1.54) is 16.9 Å². The predicted molar refractivity (Wildman–Crippen MR) is 274 cm³/mol. The Labute approximate surface area is 426 Å². The van der Waals surface area contributed by atoms with E-state index in [0.29, 0.717) is 39.3 Å². The van der Waals surface area contributed by atoms with Crippen LogP contribution in [0.4, 0.5) is 0 Å². The van der Waals surface area contributed by atoms with Gasteiger partial charge in [0.1, 0.15) is 29.4 Å². The third kappa shape index (κ3) is 14.2. The van der Waals surface area contributed by atoms with Gasteiger partial charge in [-0.3, -0.25) is 29.0 Å². The molecule has 3 aromatic carbocycles. The first-order valence-electron chi connectivity index (χ1n) is 23.6. The third-order valence-electron chi connectivity index (χ3n) is 13.1. The first-order chi connectivity index (χ1) is 33.8. The minimum absolute atomic E-state index is 0.0911. The molecule has 2 N–H and O–H groups in total. The lowest BCUT2D eigenvalue weighted by molar-refractivity contribution is -0.147. The van der Waals surface area contributed by atoms with Gasteiger partial charge < -0.3 is 44.3 Å². The van der Waals surface area contributed by atoms with Crippen molar-refractivity contribution in [1.29, 1.82) is 0 Å². The first kappa shape index (κ1) is 54.0. The molecule has 6 atom stereocenters. The average molecular weight is 1010 g/mol. The number of amides is 5. The van der Waals surface area contributed by atoms with Crippen LogP contribution in [0.3, 0.4) is 0 Å². The van der Waals surface area contributed by atoms with E-state index < -0.39 is 53.8 Å². The summed E-state index contributed by atoms with van der Waals surface area (Å²) in [5.41, 5.74) is 3.80. The van der Waals surface area contributed by atoms with Crippen LogP contribution in [-0.4, -0.2) is 136 Å². The van der Waals surface area contributed by atoms with E-state index >= 15 is 4.79 Å². The van der Waals surface area contributed by atoms with Crippen molar-refractivity contribution in [1.82, 2.24) is 44.8 Å². The van der Waals surface area contributed by atoms with Gasteiger partial charge in [0.25, 0.3) is 0 Å². The molecule has 0 unspecified atom stereocenters.